The van der Waals surface area contributed by atoms with Gasteiger partial charge in [0.15, 0.2) is 0 Å². The third kappa shape index (κ3) is 5.35. The third-order valence-electron chi connectivity index (χ3n) is 6.04. The zero-order chi connectivity index (χ0) is 22.4. The molecule has 0 spiro atoms. The van der Waals surface area contributed by atoms with Crippen LogP contribution < -0.4 is 21.5 Å². The van der Waals surface area contributed by atoms with E-state index in [4.69, 9.17) is 10.5 Å². The molecule has 1 saturated carbocycles. The Morgan fingerprint density at radius 1 is 1.06 bits per heavy atom. The van der Waals surface area contributed by atoms with Gasteiger partial charge in [-0.2, -0.15) is 0 Å². The Labute approximate surface area is 182 Å². The fourth-order valence-electron chi connectivity index (χ4n) is 4.13. The van der Waals surface area contributed by atoms with Crippen LogP contribution in [0.1, 0.15) is 43.2 Å². The summed E-state index contributed by atoms with van der Waals surface area (Å²) in [7, 11) is 5.04. The number of ether oxygens (including phenoxy) is 1. The average Bonchev–Trinajstić information content (AvgIpc) is 3.01. The van der Waals surface area contributed by atoms with Crippen molar-refractivity contribution >= 4 is 11.0 Å². The number of halogens is 1. The van der Waals surface area contributed by atoms with E-state index in [1.807, 2.05) is 24.3 Å². The van der Waals surface area contributed by atoms with E-state index in [2.05, 4.69) is 5.32 Å². The zero-order valence-electron chi connectivity index (χ0n) is 18.7. The van der Waals surface area contributed by atoms with Crippen LogP contribution in [0.5, 0.6) is 5.75 Å². The highest BCUT2D eigenvalue weighted by Gasteiger charge is 2.15. The number of para-hydroxylation sites is 1. The fraction of sp³-hybridized carbons (Fsp3) is 0.458. The SMILES string of the molecule is COc1ccccc1CN.Cn1c(=O)n(C)c2cc(CNC3CCCCC3)c(F)cc21. The maximum atomic E-state index is 14.2. The molecule has 0 bridgehead atoms. The van der Waals surface area contributed by atoms with E-state index >= 15 is 0 Å². The first kappa shape index (κ1) is 23.0. The number of aromatic nitrogens is 2. The molecule has 2 aromatic carbocycles. The molecule has 1 aliphatic carbocycles. The van der Waals surface area contributed by atoms with Gasteiger partial charge in [-0.1, -0.05) is 37.5 Å². The van der Waals surface area contributed by atoms with Crippen LogP contribution in [0.15, 0.2) is 41.2 Å². The van der Waals surface area contributed by atoms with Crippen molar-refractivity contribution in [2.45, 2.75) is 51.2 Å². The van der Waals surface area contributed by atoms with Gasteiger partial charge in [-0.05, 0) is 25.0 Å². The normalized spacial score (nSPS) is 14.4. The molecule has 1 aliphatic rings. The Balaban J connectivity index is 0.000000229. The van der Waals surface area contributed by atoms with Gasteiger partial charge in [-0.15, -0.1) is 0 Å². The summed E-state index contributed by atoms with van der Waals surface area (Å²) >= 11 is 0. The molecule has 3 aromatic rings. The number of benzene rings is 2. The average molecular weight is 429 g/mol. The lowest BCUT2D eigenvalue weighted by atomic mass is 9.95. The van der Waals surface area contributed by atoms with Crippen molar-refractivity contribution < 1.29 is 9.13 Å². The number of methoxy groups -OCH3 is 1. The first-order chi connectivity index (χ1) is 15.0. The molecule has 1 aromatic heterocycles. The van der Waals surface area contributed by atoms with Crippen LogP contribution in [-0.4, -0.2) is 22.3 Å². The Kier molecular flexibility index (Phi) is 7.87. The summed E-state index contributed by atoms with van der Waals surface area (Å²) in [6, 6.07) is 11.5. The van der Waals surface area contributed by atoms with Crippen LogP contribution >= 0.6 is 0 Å². The minimum absolute atomic E-state index is 0.123. The highest BCUT2D eigenvalue weighted by atomic mass is 19.1. The molecule has 0 aliphatic heterocycles. The minimum atomic E-state index is -0.244. The Bertz CT molecular complexity index is 1040. The van der Waals surface area contributed by atoms with Gasteiger partial charge in [0.2, 0.25) is 0 Å². The highest BCUT2D eigenvalue weighted by molar-refractivity contribution is 5.77. The second-order valence-corrected chi connectivity index (χ2v) is 8.06. The first-order valence-corrected chi connectivity index (χ1v) is 10.9. The molecule has 0 atom stereocenters. The molecular formula is C24H33FN4O2. The number of nitrogens with zero attached hydrogens (tertiary/aromatic N) is 2. The number of imidazole rings is 1. The lowest BCUT2D eigenvalue weighted by Gasteiger charge is -2.23. The Morgan fingerprint density at radius 2 is 1.71 bits per heavy atom. The fourth-order valence-corrected chi connectivity index (χ4v) is 4.13. The molecule has 0 unspecified atom stereocenters. The quantitative estimate of drug-likeness (QED) is 0.651. The minimum Gasteiger partial charge on any atom is -0.496 e. The molecule has 1 fully saturated rings. The van der Waals surface area contributed by atoms with Crippen molar-refractivity contribution in [1.29, 1.82) is 0 Å². The Hall–Kier alpha value is -2.64. The summed E-state index contributed by atoms with van der Waals surface area (Å²) in [5, 5.41) is 3.45. The van der Waals surface area contributed by atoms with Gasteiger partial charge in [-0.3, -0.25) is 9.13 Å². The Morgan fingerprint density at radius 3 is 2.32 bits per heavy atom. The summed E-state index contributed by atoms with van der Waals surface area (Å²) in [5.74, 6) is 0.622. The van der Waals surface area contributed by atoms with Crippen molar-refractivity contribution in [1.82, 2.24) is 14.5 Å². The van der Waals surface area contributed by atoms with Gasteiger partial charge < -0.3 is 15.8 Å². The van der Waals surface area contributed by atoms with E-state index in [0.29, 0.717) is 30.2 Å². The molecular weight excluding hydrogens is 395 g/mol. The monoisotopic (exact) mass is 428 g/mol. The van der Waals surface area contributed by atoms with Crippen LogP contribution in [0.4, 0.5) is 4.39 Å². The van der Waals surface area contributed by atoms with Gasteiger partial charge in [0.1, 0.15) is 11.6 Å². The number of nitrogens with one attached hydrogen (secondary N) is 1. The van der Waals surface area contributed by atoms with E-state index < -0.39 is 0 Å². The third-order valence-corrected chi connectivity index (χ3v) is 6.04. The van der Waals surface area contributed by atoms with Crippen LogP contribution in [0, 0.1) is 5.82 Å². The standard InChI is InChI=1S/C16H22FN3O.C8H11NO/c1-19-14-8-11(10-18-12-6-4-3-5-7-12)13(17)9-15(14)20(2)16(19)21;1-10-8-5-3-2-4-7(8)6-9/h8-9,12,18H,3-7,10H2,1-2H3;2-5H,6,9H2,1H3. The predicted octanol–water partition coefficient (Wildman–Crippen LogP) is 3.59. The maximum absolute atomic E-state index is 14.2. The number of aryl methyl sites for hydroxylation is 2. The molecule has 3 N–H and O–H groups in total. The van der Waals surface area contributed by atoms with Gasteiger partial charge in [0.05, 0.1) is 18.1 Å². The largest absolute Gasteiger partial charge is 0.496 e. The molecule has 31 heavy (non-hydrogen) atoms. The van der Waals surface area contributed by atoms with Crippen LogP contribution in [0.3, 0.4) is 0 Å². The molecule has 6 nitrogen and oxygen atoms in total. The second kappa shape index (κ2) is 10.6. The van der Waals surface area contributed by atoms with Crippen molar-refractivity contribution in [2.24, 2.45) is 19.8 Å². The lowest BCUT2D eigenvalue weighted by Crippen LogP contribution is -2.30. The molecule has 0 amide bonds. The van der Waals surface area contributed by atoms with E-state index in [-0.39, 0.29) is 11.5 Å². The molecule has 0 radical (unpaired) electrons. The van der Waals surface area contributed by atoms with Crippen LogP contribution in [-0.2, 0) is 27.2 Å². The summed E-state index contributed by atoms with van der Waals surface area (Å²) in [4.78, 5) is 11.9. The smallest absolute Gasteiger partial charge is 0.328 e. The van der Waals surface area contributed by atoms with Gasteiger partial charge in [0, 0.05) is 50.4 Å². The number of rotatable bonds is 5. The van der Waals surface area contributed by atoms with Crippen LogP contribution in [0.25, 0.3) is 11.0 Å². The van der Waals surface area contributed by atoms with Gasteiger partial charge in [0.25, 0.3) is 0 Å². The molecule has 7 heteroatoms. The zero-order valence-corrected chi connectivity index (χ0v) is 18.7. The maximum Gasteiger partial charge on any atom is 0.328 e. The molecule has 4 rings (SSSR count). The van der Waals surface area contributed by atoms with Crippen molar-refractivity contribution in [3.05, 3.63) is 63.8 Å². The van der Waals surface area contributed by atoms with Crippen molar-refractivity contribution in [3.63, 3.8) is 0 Å². The summed E-state index contributed by atoms with van der Waals surface area (Å²) < 4.78 is 22.3. The van der Waals surface area contributed by atoms with E-state index in [1.54, 1.807) is 31.8 Å². The lowest BCUT2D eigenvalue weighted by molar-refractivity contribution is 0.370. The molecule has 0 saturated heterocycles. The number of hydrogen-bond donors (Lipinski definition) is 2. The highest BCUT2D eigenvalue weighted by Crippen LogP contribution is 2.21. The predicted molar refractivity (Wildman–Crippen MR) is 123 cm³/mol. The van der Waals surface area contributed by atoms with Crippen molar-refractivity contribution in [2.75, 3.05) is 7.11 Å². The summed E-state index contributed by atoms with van der Waals surface area (Å²) in [6.45, 7) is 1.06. The topological polar surface area (TPSA) is 74.2 Å². The van der Waals surface area contributed by atoms with Gasteiger partial charge in [-0.25, -0.2) is 9.18 Å². The number of nitrogens with two attached hydrogens (primary N) is 1. The first-order valence-electron chi connectivity index (χ1n) is 10.9. The number of fused-ring (bicyclic) bond motifs is 1. The van der Waals surface area contributed by atoms with E-state index in [9.17, 15) is 9.18 Å². The molecule has 1 heterocycles. The van der Waals surface area contributed by atoms with E-state index in [0.717, 1.165) is 16.8 Å². The number of hydrogen-bond acceptors (Lipinski definition) is 4. The summed E-state index contributed by atoms with van der Waals surface area (Å²) in [5.41, 5.74) is 8.42. The summed E-state index contributed by atoms with van der Waals surface area (Å²) in [6.07, 6.45) is 6.17. The van der Waals surface area contributed by atoms with E-state index in [1.165, 1.54) is 42.7 Å². The van der Waals surface area contributed by atoms with Gasteiger partial charge >= 0.3 is 5.69 Å². The van der Waals surface area contributed by atoms with Crippen LogP contribution in [0.2, 0.25) is 0 Å². The second-order valence-electron chi connectivity index (χ2n) is 8.06. The molecule has 168 valence electrons. The van der Waals surface area contributed by atoms with Crippen molar-refractivity contribution in [3.8, 4) is 5.75 Å².